The van der Waals surface area contributed by atoms with E-state index in [1.807, 2.05) is 0 Å². The Morgan fingerprint density at radius 2 is 2.25 bits per heavy atom. The monoisotopic (exact) mass is 288 g/mol. The summed E-state index contributed by atoms with van der Waals surface area (Å²) in [4.78, 5) is 4.13. The molecule has 1 rings (SSSR count). The Labute approximate surface area is 87.4 Å². The first-order chi connectivity index (χ1) is 5.65. The number of rotatable bonds is 1. The van der Waals surface area contributed by atoms with Crippen LogP contribution in [0.1, 0.15) is 5.69 Å². The Balaban J connectivity index is 3.36. The molecule has 0 saturated heterocycles. The fraction of sp³-hybridized carbons (Fsp3) is 0. The quantitative estimate of drug-likeness (QED) is 0.638. The lowest BCUT2D eigenvalue weighted by atomic mass is 10.3. The van der Waals surface area contributed by atoms with Crippen molar-refractivity contribution in [2.75, 3.05) is 5.73 Å². The average Bonchev–Trinajstić information content (AvgIpc) is 2.00. The summed E-state index contributed by atoms with van der Waals surface area (Å²) in [6, 6.07) is 1.79. The second-order valence-electron chi connectivity index (χ2n) is 2.07. The maximum Gasteiger partial charge on any atom is 0.108 e. The fourth-order valence-electron chi connectivity index (χ4n) is 0.719. The highest BCUT2D eigenvalue weighted by atomic mass is 79.9. The van der Waals surface area contributed by atoms with Crippen molar-refractivity contribution in [2.24, 2.45) is 0 Å². The van der Waals surface area contributed by atoms with Gasteiger partial charge in [-0.1, -0.05) is 6.58 Å². The standard InChI is InChI=1S/C8H6Br2N2/c1-2-3-6-8(11)5(9)4-7(10)12-6/h3-4H,1,11H2. The molecular weight excluding hydrogens is 284 g/mol. The van der Waals surface area contributed by atoms with Gasteiger partial charge in [0, 0.05) is 10.5 Å². The SMILES string of the molecule is C=C=Cc1nc(Br)cc(Br)c1N. The van der Waals surface area contributed by atoms with Gasteiger partial charge in [-0.15, -0.1) is 5.73 Å². The minimum Gasteiger partial charge on any atom is -0.396 e. The van der Waals surface area contributed by atoms with Crippen molar-refractivity contribution in [3.05, 3.63) is 33.1 Å². The predicted molar refractivity (Wildman–Crippen MR) is 57.7 cm³/mol. The second-order valence-corrected chi connectivity index (χ2v) is 3.74. The van der Waals surface area contributed by atoms with Crippen LogP contribution >= 0.6 is 31.9 Å². The van der Waals surface area contributed by atoms with Gasteiger partial charge >= 0.3 is 0 Å². The molecule has 2 N–H and O–H groups in total. The van der Waals surface area contributed by atoms with Gasteiger partial charge in [-0.05, 0) is 37.9 Å². The van der Waals surface area contributed by atoms with E-state index in [2.05, 4.69) is 49.2 Å². The third-order valence-electron chi connectivity index (χ3n) is 1.25. The second kappa shape index (κ2) is 3.90. The highest BCUT2D eigenvalue weighted by Gasteiger charge is 2.03. The summed E-state index contributed by atoms with van der Waals surface area (Å²) >= 11 is 6.56. The van der Waals surface area contributed by atoms with Crippen LogP contribution in [0.2, 0.25) is 0 Å². The van der Waals surface area contributed by atoms with E-state index in [0.717, 1.165) is 9.08 Å². The number of halogens is 2. The number of nitrogens with zero attached hydrogens (tertiary/aromatic N) is 1. The molecule has 0 unspecified atom stereocenters. The average molecular weight is 290 g/mol. The molecule has 0 aliphatic heterocycles. The van der Waals surface area contributed by atoms with Crippen molar-refractivity contribution in [2.45, 2.75) is 0 Å². The van der Waals surface area contributed by atoms with Crippen molar-refractivity contribution < 1.29 is 0 Å². The lowest BCUT2D eigenvalue weighted by molar-refractivity contribution is 1.24. The Hall–Kier alpha value is -0.570. The van der Waals surface area contributed by atoms with Crippen molar-refractivity contribution in [1.29, 1.82) is 0 Å². The van der Waals surface area contributed by atoms with E-state index in [9.17, 15) is 0 Å². The third kappa shape index (κ3) is 1.97. The molecule has 0 saturated carbocycles. The Morgan fingerprint density at radius 1 is 1.58 bits per heavy atom. The lowest BCUT2D eigenvalue weighted by Gasteiger charge is -2.01. The summed E-state index contributed by atoms with van der Waals surface area (Å²) in [6.45, 7) is 3.45. The summed E-state index contributed by atoms with van der Waals surface area (Å²) in [5.74, 6) is 0. The van der Waals surface area contributed by atoms with E-state index in [-0.39, 0.29) is 0 Å². The molecule has 1 aromatic heterocycles. The van der Waals surface area contributed by atoms with Crippen LogP contribution in [0.5, 0.6) is 0 Å². The molecule has 0 aliphatic rings. The van der Waals surface area contributed by atoms with Crippen LogP contribution in [-0.4, -0.2) is 4.98 Å². The normalized spacial score (nSPS) is 9.17. The zero-order valence-electron chi connectivity index (χ0n) is 6.14. The molecule has 0 aliphatic carbocycles. The molecule has 2 nitrogen and oxygen atoms in total. The smallest absolute Gasteiger partial charge is 0.108 e. The van der Waals surface area contributed by atoms with Crippen molar-refractivity contribution in [3.8, 4) is 0 Å². The van der Waals surface area contributed by atoms with E-state index in [4.69, 9.17) is 5.73 Å². The molecule has 0 bridgehead atoms. The summed E-state index contributed by atoms with van der Waals surface area (Å²) < 4.78 is 1.54. The van der Waals surface area contributed by atoms with Crippen LogP contribution in [0.25, 0.3) is 6.08 Å². The van der Waals surface area contributed by atoms with Crippen molar-refractivity contribution in [3.63, 3.8) is 0 Å². The fourth-order valence-corrected chi connectivity index (χ4v) is 1.87. The highest BCUT2D eigenvalue weighted by Crippen LogP contribution is 2.25. The minimum atomic E-state index is 0.592. The molecular formula is C8H6Br2N2. The summed E-state index contributed by atoms with van der Waals surface area (Å²) in [6.07, 6.45) is 1.63. The largest absolute Gasteiger partial charge is 0.396 e. The number of anilines is 1. The molecule has 0 fully saturated rings. The molecule has 4 heteroatoms. The van der Waals surface area contributed by atoms with Crippen LogP contribution in [0, 0.1) is 0 Å². The number of nitrogens with two attached hydrogens (primary N) is 1. The summed E-state index contributed by atoms with van der Waals surface area (Å²) in [5.41, 5.74) is 9.58. The maximum atomic E-state index is 5.71. The number of nitrogen functional groups attached to an aromatic ring is 1. The first-order valence-corrected chi connectivity index (χ1v) is 4.71. The predicted octanol–water partition coefficient (Wildman–Crippen LogP) is 2.99. The van der Waals surface area contributed by atoms with Gasteiger partial charge in [0.15, 0.2) is 0 Å². The van der Waals surface area contributed by atoms with Crippen LogP contribution in [-0.2, 0) is 0 Å². The molecule has 0 amide bonds. The van der Waals surface area contributed by atoms with Crippen LogP contribution in [0.4, 0.5) is 5.69 Å². The van der Waals surface area contributed by atoms with Gasteiger partial charge in [0.25, 0.3) is 0 Å². The summed E-state index contributed by atoms with van der Waals surface area (Å²) in [5, 5.41) is 0. The number of pyridine rings is 1. The van der Waals surface area contributed by atoms with Gasteiger partial charge in [0.05, 0.1) is 11.4 Å². The number of hydrogen-bond acceptors (Lipinski definition) is 2. The van der Waals surface area contributed by atoms with Crippen LogP contribution in [0.15, 0.2) is 27.5 Å². The van der Waals surface area contributed by atoms with Gasteiger partial charge in [-0.3, -0.25) is 0 Å². The van der Waals surface area contributed by atoms with Crippen molar-refractivity contribution in [1.82, 2.24) is 4.98 Å². The first kappa shape index (κ1) is 9.52. The van der Waals surface area contributed by atoms with E-state index >= 15 is 0 Å². The lowest BCUT2D eigenvalue weighted by Crippen LogP contribution is -1.94. The van der Waals surface area contributed by atoms with E-state index in [1.165, 1.54) is 0 Å². The molecule has 0 radical (unpaired) electrons. The van der Waals surface area contributed by atoms with Gasteiger partial charge in [-0.2, -0.15) is 0 Å². The molecule has 62 valence electrons. The van der Waals surface area contributed by atoms with Gasteiger partial charge in [0.1, 0.15) is 4.60 Å². The maximum absolute atomic E-state index is 5.71. The number of hydrogen-bond donors (Lipinski definition) is 1. The molecule has 0 aromatic carbocycles. The zero-order chi connectivity index (χ0) is 9.14. The molecule has 1 aromatic rings. The first-order valence-electron chi connectivity index (χ1n) is 3.12. The van der Waals surface area contributed by atoms with E-state index < -0.39 is 0 Å². The molecule has 1 heterocycles. The van der Waals surface area contributed by atoms with Crippen molar-refractivity contribution >= 4 is 43.6 Å². The van der Waals surface area contributed by atoms with Crippen LogP contribution in [0.3, 0.4) is 0 Å². The molecule has 0 atom stereocenters. The Morgan fingerprint density at radius 3 is 2.83 bits per heavy atom. The summed E-state index contributed by atoms with van der Waals surface area (Å²) in [7, 11) is 0. The zero-order valence-corrected chi connectivity index (χ0v) is 9.31. The van der Waals surface area contributed by atoms with E-state index in [0.29, 0.717) is 11.4 Å². The third-order valence-corrected chi connectivity index (χ3v) is 2.31. The topological polar surface area (TPSA) is 38.9 Å². The van der Waals surface area contributed by atoms with Crippen LogP contribution < -0.4 is 5.73 Å². The van der Waals surface area contributed by atoms with Gasteiger partial charge in [0.2, 0.25) is 0 Å². The van der Waals surface area contributed by atoms with Gasteiger partial charge < -0.3 is 5.73 Å². The minimum absolute atomic E-state index is 0.592. The highest BCUT2D eigenvalue weighted by molar-refractivity contribution is 9.11. The molecule has 12 heavy (non-hydrogen) atoms. The number of aromatic nitrogens is 1. The van der Waals surface area contributed by atoms with E-state index in [1.54, 1.807) is 12.1 Å². The molecule has 0 spiro atoms. The Bertz CT molecular complexity index is 354. The Kier molecular flexibility index (Phi) is 3.09. The van der Waals surface area contributed by atoms with Gasteiger partial charge in [-0.25, -0.2) is 4.98 Å².